The fourth-order valence-electron chi connectivity index (χ4n) is 3.42. The number of rotatable bonds is 3. The average molecular weight is 265 g/mol. The second kappa shape index (κ2) is 4.55. The van der Waals surface area contributed by atoms with Crippen molar-refractivity contribution in [1.82, 2.24) is 4.90 Å². The molecule has 0 amide bonds. The molecule has 104 valence electrons. The highest BCUT2D eigenvalue weighted by molar-refractivity contribution is 5.39. The highest BCUT2D eigenvalue weighted by Gasteiger charge is 2.58. The van der Waals surface area contributed by atoms with Gasteiger partial charge in [-0.3, -0.25) is 4.90 Å². The van der Waals surface area contributed by atoms with Gasteiger partial charge in [0.05, 0.1) is 5.92 Å². The summed E-state index contributed by atoms with van der Waals surface area (Å²) in [5.41, 5.74) is 2.01. The summed E-state index contributed by atoms with van der Waals surface area (Å²) in [6, 6.07) is 8.62. The van der Waals surface area contributed by atoms with E-state index in [4.69, 9.17) is 0 Å². The fraction of sp³-hybridized carbons (Fsp3) is 0.625. The maximum atomic E-state index is 13.4. The van der Waals surface area contributed by atoms with E-state index in [0.717, 1.165) is 30.5 Å². The van der Waals surface area contributed by atoms with E-state index >= 15 is 0 Å². The highest BCUT2D eigenvalue weighted by atomic mass is 19.3. The van der Waals surface area contributed by atoms with Gasteiger partial charge in [0.2, 0.25) is 0 Å². The minimum Gasteiger partial charge on any atom is -0.294 e. The Labute approximate surface area is 113 Å². The number of halogens is 2. The third kappa shape index (κ3) is 2.29. The van der Waals surface area contributed by atoms with Gasteiger partial charge in [-0.2, -0.15) is 0 Å². The Morgan fingerprint density at radius 2 is 1.84 bits per heavy atom. The quantitative estimate of drug-likeness (QED) is 0.785. The first-order chi connectivity index (χ1) is 9.00. The largest absolute Gasteiger partial charge is 0.294 e. The van der Waals surface area contributed by atoms with Gasteiger partial charge in [0.15, 0.2) is 0 Å². The van der Waals surface area contributed by atoms with Gasteiger partial charge in [0.1, 0.15) is 0 Å². The molecule has 2 atom stereocenters. The summed E-state index contributed by atoms with van der Waals surface area (Å²) in [5.74, 6) is -3.02. The van der Waals surface area contributed by atoms with E-state index in [1.165, 1.54) is 0 Å². The lowest BCUT2D eigenvalue weighted by Gasteiger charge is -2.30. The Kier molecular flexibility index (Phi) is 3.12. The third-order valence-electron chi connectivity index (χ3n) is 4.51. The van der Waals surface area contributed by atoms with Crippen molar-refractivity contribution in [3.8, 4) is 0 Å². The van der Waals surface area contributed by atoms with Gasteiger partial charge in [-0.25, -0.2) is 8.78 Å². The number of hydrogen-bond acceptors (Lipinski definition) is 1. The topological polar surface area (TPSA) is 3.24 Å². The summed E-state index contributed by atoms with van der Waals surface area (Å²) in [6.45, 7) is 5.46. The van der Waals surface area contributed by atoms with Crippen LogP contribution in [0.15, 0.2) is 24.3 Å². The molecule has 0 radical (unpaired) electrons. The predicted octanol–water partition coefficient (Wildman–Crippen LogP) is 4.35. The van der Waals surface area contributed by atoms with Crippen LogP contribution in [-0.4, -0.2) is 23.4 Å². The number of benzene rings is 1. The minimum absolute atomic E-state index is 0.0262. The Morgan fingerprint density at radius 3 is 2.42 bits per heavy atom. The van der Waals surface area contributed by atoms with Gasteiger partial charge in [0.25, 0.3) is 5.92 Å². The van der Waals surface area contributed by atoms with Crippen LogP contribution in [0.1, 0.15) is 56.2 Å². The molecule has 1 aromatic carbocycles. The van der Waals surface area contributed by atoms with E-state index in [2.05, 4.69) is 24.8 Å². The monoisotopic (exact) mass is 265 g/mol. The van der Waals surface area contributed by atoms with Crippen molar-refractivity contribution in [3.05, 3.63) is 35.4 Å². The van der Waals surface area contributed by atoms with Crippen LogP contribution in [0.2, 0.25) is 0 Å². The lowest BCUT2D eigenvalue weighted by molar-refractivity contribution is 0.111. The normalized spacial score (nSPS) is 29.9. The van der Waals surface area contributed by atoms with Crippen molar-refractivity contribution in [1.29, 1.82) is 0 Å². The molecule has 0 spiro atoms. The van der Waals surface area contributed by atoms with E-state index in [0.29, 0.717) is 12.1 Å². The van der Waals surface area contributed by atoms with Crippen LogP contribution in [0, 0.1) is 0 Å². The summed E-state index contributed by atoms with van der Waals surface area (Å²) in [4.78, 5) is 2.44. The molecule has 2 unspecified atom stereocenters. The third-order valence-corrected chi connectivity index (χ3v) is 4.51. The first-order valence-corrected chi connectivity index (χ1v) is 7.23. The van der Waals surface area contributed by atoms with Gasteiger partial charge >= 0.3 is 0 Å². The molecule has 1 saturated carbocycles. The number of alkyl halides is 2. The SMILES string of the molecule is CC(C)N1CCCC1c1ccccc1C1CC1(F)F. The molecule has 3 rings (SSSR count). The standard InChI is InChI=1S/C16H21F2N/c1-11(2)19-9-5-8-15(19)13-7-4-3-6-12(13)14-10-16(14,17)18/h3-4,6-7,11,14-15H,5,8-10H2,1-2H3. The van der Waals surface area contributed by atoms with E-state index in [1.54, 1.807) is 0 Å². The van der Waals surface area contributed by atoms with Gasteiger partial charge in [-0.1, -0.05) is 24.3 Å². The predicted molar refractivity (Wildman–Crippen MR) is 72.6 cm³/mol. The van der Waals surface area contributed by atoms with Gasteiger partial charge < -0.3 is 0 Å². The summed E-state index contributed by atoms with van der Waals surface area (Å²) in [7, 11) is 0. The van der Waals surface area contributed by atoms with Crippen LogP contribution in [0.5, 0.6) is 0 Å². The Morgan fingerprint density at radius 1 is 1.21 bits per heavy atom. The zero-order chi connectivity index (χ0) is 13.6. The van der Waals surface area contributed by atoms with E-state index in [-0.39, 0.29) is 6.42 Å². The second-order valence-electron chi connectivity index (χ2n) is 6.14. The Bertz CT molecular complexity index is 470. The van der Waals surface area contributed by atoms with E-state index in [9.17, 15) is 8.78 Å². The van der Waals surface area contributed by atoms with Gasteiger partial charge in [-0.05, 0) is 44.4 Å². The fourth-order valence-corrected chi connectivity index (χ4v) is 3.42. The van der Waals surface area contributed by atoms with Crippen LogP contribution < -0.4 is 0 Å². The van der Waals surface area contributed by atoms with Crippen molar-refractivity contribution in [2.75, 3.05) is 6.54 Å². The maximum Gasteiger partial charge on any atom is 0.255 e. The molecular formula is C16H21F2N. The lowest BCUT2D eigenvalue weighted by atomic mass is 9.95. The van der Waals surface area contributed by atoms with Crippen LogP contribution in [0.4, 0.5) is 8.78 Å². The lowest BCUT2D eigenvalue weighted by Crippen LogP contribution is -2.30. The molecule has 2 aliphatic rings. The zero-order valence-corrected chi connectivity index (χ0v) is 11.6. The first kappa shape index (κ1) is 13.0. The van der Waals surface area contributed by atoms with E-state index in [1.807, 2.05) is 18.2 Å². The van der Waals surface area contributed by atoms with Gasteiger partial charge in [-0.15, -0.1) is 0 Å². The van der Waals surface area contributed by atoms with Crippen LogP contribution >= 0.6 is 0 Å². The summed E-state index contributed by atoms with van der Waals surface area (Å²) in [5, 5.41) is 0. The van der Waals surface area contributed by atoms with Crippen molar-refractivity contribution in [2.45, 2.75) is 57.0 Å². The molecule has 1 nitrogen and oxygen atoms in total. The average Bonchev–Trinajstić information content (AvgIpc) is 2.80. The molecule has 1 aliphatic carbocycles. The summed E-state index contributed by atoms with van der Waals surface area (Å²) < 4.78 is 26.8. The van der Waals surface area contributed by atoms with Crippen LogP contribution in [0.3, 0.4) is 0 Å². The molecule has 1 aliphatic heterocycles. The zero-order valence-electron chi connectivity index (χ0n) is 11.6. The van der Waals surface area contributed by atoms with Crippen LogP contribution in [-0.2, 0) is 0 Å². The molecule has 1 saturated heterocycles. The van der Waals surface area contributed by atoms with Crippen molar-refractivity contribution >= 4 is 0 Å². The highest BCUT2D eigenvalue weighted by Crippen LogP contribution is 2.57. The molecule has 1 heterocycles. The molecule has 0 bridgehead atoms. The van der Waals surface area contributed by atoms with Crippen molar-refractivity contribution < 1.29 is 8.78 Å². The van der Waals surface area contributed by atoms with Gasteiger partial charge in [0, 0.05) is 18.5 Å². The number of hydrogen-bond donors (Lipinski definition) is 0. The summed E-state index contributed by atoms with van der Waals surface area (Å²) in [6.07, 6.45) is 2.28. The second-order valence-corrected chi connectivity index (χ2v) is 6.14. The molecule has 0 N–H and O–H groups in total. The first-order valence-electron chi connectivity index (χ1n) is 7.23. The Hall–Kier alpha value is -0.960. The molecular weight excluding hydrogens is 244 g/mol. The summed E-state index contributed by atoms with van der Waals surface area (Å²) >= 11 is 0. The number of likely N-dealkylation sites (tertiary alicyclic amines) is 1. The Balaban J connectivity index is 1.93. The van der Waals surface area contributed by atoms with Crippen molar-refractivity contribution in [2.24, 2.45) is 0 Å². The molecule has 3 heteroatoms. The van der Waals surface area contributed by atoms with Crippen LogP contribution in [0.25, 0.3) is 0 Å². The molecule has 0 aromatic heterocycles. The van der Waals surface area contributed by atoms with E-state index < -0.39 is 11.8 Å². The molecule has 2 fully saturated rings. The van der Waals surface area contributed by atoms with Crippen molar-refractivity contribution in [3.63, 3.8) is 0 Å². The smallest absolute Gasteiger partial charge is 0.255 e. The molecule has 1 aromatic rings. The maximum absolute atomic E-state index is 13.4. The molecule has 19 heavy (non-hydrogen) atoms. The minimum atomic E-state index is -2.47. The number of nitrogens with zero attached hydrogens (tertiary/aromatic N) is 1.